The molecule has 1 saturated carbocycles. The lowest BCUT2D eigenvalue weighted by atomic mass is 10.1. The molecule has 18 heavy (non-hydrogen) atoms. The Morgan fingerprint density at radius 3 is 2.67 bits per heavy atom. The predicted octanol–water partition coefficient (Wildman–Crippen LogP) is 2.94. The van der Waals surface area contributed by atoms with Crippen molar-refractivity contribution in [3.05, 3.63) is 35.9 Å². The lowest BCUT2D eigenvalue weighted by Gasteiger charge is -2.01. The molecule has 0 bridgehead atoms. The number of aryl methyl sites for hydroxylation is 1. The van der Waals surface area contributed by atoms with Gasteiger partial charge in [-0.3, -0.25) is 4.68 Å². The lowest BCUT2D eigenvalue weighted by molar-refractivity contribution is 0.509. The average Bonchev–Trinajstić information content (AvgIpc) is 3.06. The van der Waals surface area contributed by atoms with Gasteiger partial charge in [0, 0.05) is 24.7 Å². The van der Waals surface area contributed by atoms with E-state index in [1.165, 1.54) is 6.07 Å². The van der Waals surface area contributed by atoms with Gasteiger partial charge in [0.05, 0.1) is 5.69 Å². The van der Waals surface area contributed by atoms with Crippen LogP contribution in [-0.2, 0) is 7.05 Å². The van der Waals surface area contributed by atoms with Crippen molar-refractivity contribution in [1.82, 2.24) is 9.78 Å². The second kappa shape index (κ2) is 4.08. The second-order valence-electron chi connectivity index (χ2n) is 4.59. The normalized spacial score (nSPS) is 14.8. The number of anilines is 1. The first kappa shape index (κ1) is 11.2. The molecule has 0 aliphatic heterocycles. The molecule has 5 heteroatoms. The van der Waals surface area contributed by atoms with Crippen LogP contribution >= 0.6 is 0 Å². The Balaban J connectivity index is 1.94. The number of aromatic nitrogens is 2. The number of benzene rings is 1. The molecule has 0 radical (unpaired) electrons. The van der Waals surface area contributed by atoms with Gasteiger partial charge in [-0.2, -0.15) is 5.10 Å². The van der Waals surface area contributed by atoms with Crippen molar-refractivity contribution < 1.29 is 8.78 Å². The Bertz CT molecular complexity index is 588. The lowest BCUT2D eigenvalue weighted by Crippen LogP contribution is -2.02. The molecule has 1 aliphatic rings. The Hall–Kier alpha value is -1.91. The Labute approximate surface area is 103 Å². The van der Waals surface area contributed by atoms with Crippen LogP contribution in [0.5, 0.6) is 0 Å². The second-order valence-corrected chi connectivity index (χ2v) is 4.59. The number of hydrogen-bond donors (Lipinski definition) is 1. The first-order valence-electron chi connectivity index (χ1n) is 5.89. The van der Waals surface area contributed by atoms with E-state index in [9.17, 15) is 8.78 Å². The van der Waals surface area contributed by atoms with Crippen LogP contribution in [0.4, 0.5) is 14.6 Å². The third kappa shape index (κ3) is 2.08. The first-order valence-corrected chi connectivity index (χ1v) is 5.89. The summed E-state index contributed by atoms with van der Waals surface area (Å²) in [5, 5.41) is 7.58. The van der Waals surface area contributed by atoms with Crippen LogP contribution in [0, 0.1) is 11.6 Å². The Morgan fingerprint density at radius 2 is 2.00 bits per heavy atom. The highest BCUT2D eigenvalue weighted by Crippen LogP contribution is 2.27. The van der Waals surface area contributed by atoms with Crippen molar-refractivity contribution in [1.29, 1.82) is 0 Å². The number of halogens is 2. The molecule has 1 heterocycles. The highest BCUT2D eigenvalue weighted by atomic mass is 19.2. The zero-order valence-corrected chi connectivity index (χ0v) is 9.95. The summed E-state index contributed by atoms with van der Waals surface area (Å²) in [4.78, 5) is 0. The van der Waals surface area contributed by atoms with Crippen molar-refractivity contribution >= 4 is 5.82 Å². The molecular formula is C13H13F2N3. The zero-order valence-electron chi connectivity index (χ0n) is 9.95. The molecular weight excluding hydrogens is 236 g/mol. The molecule has 0 amide bonds. The number of nitrogens with zero attached hydrogens (tertiary/aromatic N) is 2. The molecule has 0 saturated heterocycles. The fraction of sp³-hybridized carbons (Fsp3) is 0.308. The maximum atomic E-state index is 13.2. The Kier molecular flexibility index (Phi) is 2.54. The zero-order chi connectivity index (χ0) is 12.7. The van der Waals surface area contributed by atoms with E-state index in [0.29, 0.717) is 11.6 Å². The van der Waals surface area contributed by atoms with E-state index >= 15 is 0 Å². The van der Waals surface area contributed by atoms with E-state index < -0.39 is 11.6 Å². The molecule has 1 aliphatic carbocycles. The molecule has 3 nitrogen and oxygen atoms in total. The van der Waals surface area contributed by atoms with Gasteiger partial charge in [-0.15, -0.1) is 0 Å². The van der Waals surface area contributed by atoms with E-state index in [4.69, 9.17) is 0 Å². The summed E-state index contributed by atoms with van der Waals surface area (Å²) in [6.45, 7) is 0. The average molecular weight is 249 g/mol. The quantitative estimate of drug-likeness (QED) is 0.906. The summed E-state index contributed by atoms with van der Waals surface area (Å²) in [6.07, 6.45) is 2.33. The van der Waals surface area contributed by atoms with Crippen LogP contribution in [0.2, 0.25) is 0 Å². The van der Waals surface area contributed by atoms with Crippen LogP contribution in [0.1, 0.15) is 12.8 Å². The molecule has 94 valence electrons. The summed E-state index contributed by atoms with van der Waals surface area (Å²) in [7, 11) is 1.79. The van der Waals surface area contributed by atoms with Crippen molar-refractivity contribution in [2.24, 2.45) is 7.05 Å². The van der Waals surface area contributed by atoms with Crippen LogP contribution in [0.3, 0.4) is 0 Å². The van der Waals surface area contributed by atoms with Crippen LogP contribution in [0.25, 0.3) is 11.3 Å². The summed E-state index contributed by atoms with van der Waals surface area (Å²) in [6, 6.07) is 6.23. The van der Waals surface area contributed by atoms with Crippen LogP contribution in [0.15, 0.2) is 24.3 Å². The minimum absolute atomic E-state index is 0.512. The SMILES string of the molecule is Cn1nc(NC2CC2)cc1-c1ccc(F)c(F)c1. The fourth-order valence-electron chi connectivity index (χ4n) is 1.90. The topological polar surface area (TPSA) is 29.9 Å². The molecule has 0 atom stereocenters. The third-order valence-corrected chi connectivity index (χ3v) is 3.02. The van der Waals surface area contributed by atoms with Crippen molar-refractivity contribution in [3.63, 3.8) is 0 Å². The standard InChI is InChI=1S/C13H13F2N3/c1-18-12(7-13(17-18)16-9-3-4-9)8-2-5-10(14)11(15)6-8/h2,5-7,9H,3-4H2,1H3,(H,16,17). The molecule has 1 aromatic carbocycles. The first-order chi connectivity index (χ1) is 8.63. The van der Waals surface area contributed by atoms with Gasteiger partial charge in [0.2, 0.25) is 0 Å². The van der Waals surface area contributed by atoms with Gasteiger partial charge in [-0.25, -0.2) is 8.78 Å². The van der Waals surface area contributed by atoms with E-state index in [-0.39, 0.29) is 0 Å². The number of nitrogens with one attached hydrogen (secondary N) is 1. The molecule has 3 rings (SSSR count). The molecule has 0 spiro atoms. The van der Waals surface area contributed by atoms with Crippen molar-refractivity contribution in [3.8, 4) is 11.3 Å². The molecule has 1 fully saturated rings. The highest BCUT2D eigenvalue weighted by molar-refractivity contribution is 5.63. The van der Waals surface area contributed by atoms with Crippen LogP contribution in [-0.4, -0.2) is 15.8 Å². The van der Waals surface area contributed by atoms with Crippen molar-refractivity contribution in [2.75, 3.05) is 5.32 Å². The minimum atomic E-state index is -0.842. The van der Waals surface area contributed by atoms with E-state index in [1.54, 1.807) is 17.8 Å². The number of hydrogen-bond acceptors (Lipinski definition) is 2. The highest BCUT2D eigenvalue weighted by Gasteiger charge is 2.22. The van der Waals surface area contributed by atoms with Gasteiger partial charge < -0.3 is 5.32 Å². The predicted molar refractivity (Wildman–Crippen MR) is 65.2 cm³/mol. The van der Waals surface area contributed by atoms with E-state index in [2.05, 4.69) is 10.4 Å². The molecule has 2 aromatic rings. The van der Waals surface area contributed by atoms with E-state index in [1.807, 2.05) is 6.07 Å². The van der Waals surface area contributed by atoms with Gasteiger partial charge in [-0.1, -0.05) is 0 Å². The maximum Gasteiger partial charge on any atom is 0.159 e. The summed E-state index contributed by atoms with van der Waals surface area (Å²) < 4.78 is 27.8. The molecule has 1 N–H and O–H groups in total. The van der Waals surface area contributed by atoms with Gasteiger partial charge in [-0.05, 0) is 31.0 Å². The van der Waals surface area contributed by atoms with Crippen molar-refractivity contribution in [2.45, 2.75) is 18.9 Å². The largest absolute Gasteiger partial charge is 0.366 e. The summed E-state index contributed by atoms with van der Waals surface area (Å²) in [5.74, 6) is -0.901. The number of rotatable bonds is 3. The minimum Gasteiger partial charge on any atom is -0.366 e. The molecule has 0 unspecified atom stereocenters. The van der Waals surface area contributed by atoms with Crippen LogP contribution < -0.4 is 5.32 Å². The smallest absolute Gasteiger partial charge is 0.159 e. The molecule has 1 aromatic heterocycles. The monoisotopic (exact) mass is 249 g/mol. The fourth-order valence-corrected chi connectivity index (χ4v) is 1.90. The third-order valence-electron chi connectivity index (χ3n) is 3.02. The van der Waals surface area contributed by atoms with E-state index in [0.717, 1.165) is 30.4 Å². The summed E-state index contributed by atoms with van der Waals surface area (Å²) in [5.41, 5.74) is 1.38. The van der Waals surface area contributed by atoms with Gasteiger partial charge >= 0.3 is 0 Å². The maximum absolute atomic E-state index is 13.2. The van der Waals surface area contributed by atoms with Gasteiger partial charge in [0.15, 0.2) is 11.6 Å². The van der Waals surface area contributed by atoms with Gasteiger partial charge in [0.25, 0.3) is 0 Å². The van der Waals surface area contributed by atoms with Gasteiger partial charge in [0.1, 0.15) is 5.82 Å². The summed E-state index contributed by atoms with van der Waals surface area (Å²) >= 11 is 0. The Morgan fingerprint density at radius 1 is 1.22 bits per heavy atom.